The molecule has 4 N–H and O–H groups in total. The number of rotatable bonds is 6. The lowest BCUT2D eigenvalue weighted by Crippen LogP contribution is -2.40. The first kappa shape index (κ1) is 21.6. The van der Waals surface area contributed by atoms with E-state index in [2.05, 4.69) is 21.5 Å². The van der Waals surface area contributed by atoms with Crippen molar-refractivity contribution < 1.29 is 24.2 Å². The standard InChI is InChI=1S/C19H24N6O5/c1-10(2)16(21)18(28)24-17-12-4-5-15(25(12)23-9-22-17)19(8-20)6-13(27)14(30-19)7-29-11(3)26/h4-5,9-10,13-14,16,27H,6-7,21H2,1-3H3,(H,22,23,24,28)/t13-,14+,16-,19-/m0/s1. The molecule has 0 saturated carbocycles. The second kappa shape index (κ2) is 8.35. The summed E-state index contributed by atoms with van der Waals surface area (Å²) in [5.74, 6) is -0.728. The monoisotopic (exact) mass is 416 g/mol. The van der Waals surface area contributed by atoms with Crippen molar-refractivity contribution in [1.29, 1.82) is 5.26 Å². The number of nitriles is 1. The van der Waals surface area contributed by atoms with Gasteiger partial charge in [0.05, 0.1) is 17.8 Å². The van der Waals surface area contributed by atoms with Crippen LogP contribution in [0.3, 0.4) is 0 Å². The zero-order valence-electron chi connectivity index (χ0n) is 16.9. The summed E-state index contributed by atoms with van der Waals surface area (Å²) in [4.78, 5) is 27.5. The van der Waals surface area contributed by atoms with E-state index in [9.17, 15) is 20.0 Å². The van der Waals surface area contributed by atoms with Gasteiger partial charge in [-0.25, -0.2) is 9.50 Å². The molecule has 160 valence electrons. The zero-order chi connectivity index (χ0) is 22.1. The Morgan fingerprint density at radius 2 is 2.27 bits per heavy atom. The topological polar surface area (TPSA) is 165 Å². The number of carbonyl (C=O) groups excluding carboxylic acids is 2. The lowest BCUT2D eigenvalue weighted by Gasteiger charge is -2.21. The molecule has 1 aliphatic heterocycles. The van der Waals surface area contributed by atoms with E-state index in [1.165, 1.54) is 17.8 Å². The Morgan fingerprint density at radius 3 is 2.90 bits per heavy atom. The molecule has 3 heterocycles. The van der Waals surface area contributed by atoms with Gasteiger partial charge in [-0.2, -0.15) is 10.4 Å². The van der Waals surface area contributed by atoms with Crippen molar-refractivity contribution in [2.75, 3.05) is 11.9 Å². The number of nitrogens with two attached hydrogens (primary N) is 1. The maximum Gasteiger partial charge on any atom is 0.302 e. The Balaban J connectivity index is 1.92. The van der Waals surface area contributed by atoms with E-state index in [0.717, 1.165) is 0 Å². The van der Waals surface area contributed by atoms with E-state index in [-0.39, 0.29) is 24.8 Å². The molecule has 0 unspecified atom stereocenters. The minimum absolute atomic E-state index is 0.0362. The molecule has 11 nitrogen and oxygen atoms in total. The number of hydrogen-bond acceptors (Lipinski definition) is 9. The van der Waals surface area contributed by atoms with Gasteiger partial charge in [0, 0.05) is 13.3 Å². The highest BCUT2D eigenvalue weighted by atomic mass is 16.6. The van der Waals surface area contributed by atoms with Crippen LogP contribution in [0.4, 0.5) is 5.82 Å². The summed E-state index contributed by atoms with van der Waals surface area (Å²) in [6.45, 7) is 4.74. The van der Waals surface area contributed by atoms with Crippen LogP contribution in [-0.2, 0) is 24.7 Å². The molecule has 1 saturated heterocycles. The summed E-state index contributed by atoms with van der Waals surface area (Å²) < 4.78 is 12.2. The Morgan fingerprint density at radius 1 is 1.53 bits per heavy atom. The van der Waals surface area contributed by atoms with E-state index < -0.39 is 35.7 Å². The van der Waals surface area contributed by atoms with Gasteiger partial charge in [0.2, 0.25) is 5.91 Å². The number of nitrogens with zero attached hydrogens (tertiary/aromatic N) is 4. The molecule has 1 amide bonds. The van der Waals surface area contributed by atoms with Gasteiger partial charge in [-0.3, -0.25) is 9.59 Å². The Bertz CT molecular complexity index is 999. The molecular weight excluding hydrogens is 392 g/mol. The van der Waals surface area contributed by atoms with Gasteiger partial charge in [0.15, 0.2) is 11.4 Å². The summed E-state index contributed by atoms with van der Waals surface area (Å²) >= 11 is 0. The molecule has 2 aromatic heterocycles. The van der Waals surface area contributed by atoms with Gasteiger partial charge in [-0.1, -0.05) is 13.8 Å². The number of hydrogen-bond donors (Lipinski definition) is 3. The number of aliphatic hydroxyl groups excluding tert-OH is 1. The molecule has 0 radical (unpaired) electrons. The molecule has 2 aromatic rings. The second-order valence-electron chi connectivity index (χ2n) is 7.55. The average Bonchev–Trinajstić information content (AvgIpc) is 3.28. The van der Waals surface area contributed by atoms with Crippen LogP contribution in [0.1, 0.15) is 32.9 Å². The normalized spacial score (nSPS) is 24.6. The molecule has 0 aliphatic carbocycles. The number of aliphatic hydroxyl groups is 1. The fourth-order valence-electron chi connectivity index (χ4n) is 3.29. The first-order valence-corrected chi connectivity index (χ1v) is 9.48. The van der Waals surface area contributed by atoms with Gasteiger partial charge in [-0.05, 0) is 18.1 Å². The van der Waals surface area contributed by atoms with Crippen molar-refractivity contribution in [1.82, 2.24) is 14.6 Å². The molecule has 0 aromatic carbocycles. The quantitative estimate of drug-likeness (QED) is 0.553. The predicted molar refractivity (Wildman–Crippen MR) is 104 cm³/mol. The fraction of sp³-hybridized carbons (Fsp3) is 0.526. The van der Waals surface area contributed by atoms with Crippen LogP contribution in [0.5, 0.6) is 0 Å². The highest BCUT2D eigenvalue weighted by Crippen LogP contribution is 2.40. The number of aromatic nitrogens is 3. The van der Waals surface area contributed by atoms with Crippen molar-refractivity contribution in [3.05, 3.63) is 24.2 Å². The van der Waals surface area contributed by atoms with Crippen LogP contribution in [-0.4, -0.2) is 56.4 Å². The lowest BCUT2D eigenvalue weighted by molar-refractivity contribution is -0.147. The summed E-state index contributed by atoms with van der Waals surface area (Å²) in [5, 5.41) is 27.1. The van der Waals surface area contributed by atoms with Crippen LogP contribution >= 0.6 is 0 Å². The summed E-state index contributed by atoms with van der Waals surface area (Å²) in [6.07, 6.45) is -0.672. The third-order valence-corrected chi connectivity index (χ3v) is 5.04. The van der Waals surface area contributed by atoms with Crippen molar-refractivity contribution in [3.8, 4) is 6.07 Å². The first-order chi connectivity index (χ1) is 14.2. The molecule has 0 bridgehead atoms. The number of anilines is 1. The number of carbonyl (C=O) groups is 2. The van der Waals surface area contributed by atoms with Crippen molar-refractivity contribution in [3.63, 3.8) is 0 Å². The summed E-state index contributed by atoms with van der Waals surface area (Å²) in [7, 11) is 0. The molecule has 11 heteroatoms. The van der Waals surface area contributed by atoms with Crippen LogP contribution in [0.25, 0.3) is 5.52 Å². The zero-order valence-corrected chi connectivity index (χ0v) is 16.9. The number of esters is 1. The maximum atomic E-state index is 12.3. The smallest absolute Gasteiger partial charge is 0.302 e. The van der Waals surface area contributed by atoms with Crippen LogP contribution in [0, 0.1) is 17.2 Å². The van der Waals surface area contributed by atoms with Crippen molar-refractivity contribution >= 4 is 23.2 Å². The van der Waals surface area contributed by atoms with E-state index in [0.29, 0.717) is 11.2 Å². The minimum Gasteiger partial charge on any atom is -0.463 e. The molecule has 1 aliphatic rings. The Labute approximate surface area is 172 Å². The van der Waals surface area contributed by atoms with E-state index in [1.807, 2.05) is 13.8 Å². The third kappa shape index (κ3) is 3.97. The average molecular weight is 416 g/mol. The second-order valence-corrected chi connectivity index (χ2v) is 7.55. The third-order valence-electron chi connectivity index (χ3n) is 5.04. The van der Waals surface area contributed by atoms with Crippen molar-refractivity contribution in [2.45, 2.75) is 51.0 Å². The van der Waals surface area contributed by atoms with Gasteiger partial charge >= 0.3 is 5.97 Å². The molecule has 1 fully saturated rings. The minimum atomic E-state index is -1.51. The molecule has 0 spiro atoms. The number of amides is 1. The largest absolute Gasteiger partial charge is 0.463 e. The Kier molecular flexibility index (Phi) is 6.02. The summed E-state index contributed by atoms with van der Waals surface area (Å²) in [5.41, 5.74) is 5.17. The van der Waals surface area contributed by atoms with Gasteiger partial charge in [0.25, 0.3) is 0 Å². The summed E-state index contributed by atoms with van der Waals surface area (Å²) in [6, 6.07) is 4.65. The van der Waals surface area contributed by atoms with E-state index >= 15 is 0 Å². The van der Waals surface area contributed by atoms with Crippen LogP contribution in [0.15, 0.2) is 18.5 Å². The maximum absolute atomic E-state index is 12.3. The lowest BCUT2D eigenvalue weighted by atomic mass is 9.96. The number of ether oxygens (including phenoxy) is 2. The van der Waals surface area contributed by atoms with Crippen LogP contribution < -0.4 is 11.1 Å². The molecule has 30 heavy (non-hydrogen) atoms. The number of nitrogens with one attached hydrogen (secondary N) is 1. The highest BCUT2D eigenvalue weighted by molar-refractivity contribution is 5.97. The predicted octanol–water partition coefficient (Wildman–Crippen LogP) is 0.0829. The first-order valence-electron chi connectivity index (χ1n) is 9.48. The van der Waals surface area contributed by atoms with Gasteiger partial charge in [0.1, 0.15) is 30.6 Å². The van der Waals surface area contributed by atoms with E-state index in [4.69, 9.17) is 15.2 Å². The highest BCUT2D eigenvalue weighted by Gasteiger charge is 2.50. The van der Waals surface area contributed by atoms with Crippen molar-refractivity contribution in [2.24, 2.45) is 11.7 Å². The van der Waals surface area contributed by atoms with Gasteiger partial charge in [-0.15, -0.1) is 0 Å². The fourth-order valence-corrected chi connectivity index (χ4v) is 3.29. The van der Waals surface area contributed by atoms with E-state index in [1.54, 1.807) is 12.1 Å². The molecule has 3 rings (SSSR count). The SMILES string of the molecule is CC(=O)OC[C@H]1O[C@@](C#N)(c2ccc3c(NC(=O)[C@@H](N)C(C)C)ncnn23)C[C@@H]1O. The molecule has 4 atom stereocenters. The molecular formula is C19H24N6O5. The number of fused-ring (bicyclic) bond motifs is 1. The van der Waals surface area contributed by atoms with Crippen LogP contribution in [0.2, 0.25) is 0 Å². The Hall–Kier alpha value is -3.07. The van der Waals surface area contributed by atoms with Gasteiger partial charge < -0.3 is 25.6 Å².